The van der Waals surface area contributed by atoms with Crippen LogP contribution in [0.5, 0.6) is 5.75 Å². The summed E-state index contributed by atoms with van der Waals surface area (Å²) in [5, 5.41) is 7.30. The molecule has 0 radical (unpaired) electrons. The van der Waals surface area contributed by atoms with Gasteiger partial charge in [-0.15, -0.1) is 0 Å². The highest BCUT2D eigenvalue weighted by atomic mass is 16.5. The van der Waals surface area contributed by atoms with Crippen LogP contribution in [0.15, 0.2) is 72.9 Å². The number of rotatable bonds is 4. The number of hydrogen-bond acceptors (Lipinski definition) is 3. The summed E-state index contributed by atoms with van der Waals surface area (Å²) in [4.78, 5) is 11.9. The van der Waals surface area contributed by atoms with Crippen molar-refractivity contribution in [3.05, 3.63) is 78.5 Å². The van der Waals surface area contributed by atoms with Crippen molar-refractivity contribution in [2.24, 2.45) is 0 Å². The number of pyridine rings is 1. The van der Waals surface area contributed by atoms with E-state index < -0.39 is 0 Å². The van der Waals surface area contributed by atoms with E-state index in [1.54, 1.807) is 14.2 Å². The number of fused-ring (bicyclic) bond motifs is 1. The molecule has 27 heavy (non-hydrogen) atoms. The largest absolute Gasteiger partial charge is 0.497 e. The Bertz CT molecular complexity index is 1110. The van der Waals surface area contributed by atoms with Crippen molar-refractivity contribution in [2.75, 3.05) is 14.2 Å². The lowest BCUT2D eigenvalue weighted by Gasteiger charge is -2.05. The topological polar surface area (TPSA) is 55.6 Å². The van der Waals surface area contributed by atoms with E-state index in [4.69, 9.17) is 4.74 Å². The van der Waals surface area contributed by atoms with E-state index in [0.29, 0.717) is 5.56 Å². The minimum atomic E-state index is -0.0935. The number of methoxy groups -OCH3 is 1. The fraction of sp³-hybridized carbons (Fsp3) is 0.0909. The van der Waals surface area contributed by atoms with Crippen LogP contribution in [0.4, 0.5) is 0 Å². The summed E-state index contributed by atoms with van der Waals surface area (Å²) in [6.45, 7) is 0. The van der Waals surface area contributed by atoms with Crippen LogP contribution in [0.2, 0.25) is 0 Å². The van der Waals surface area contributed by atoms with Crippen LogP contribution in [0.25, 0.3) is 27.9 Å². The summed E-state index contributed by atoms with van der Waals surface area (Å²) in [7, 11) is 3.29. The Hall–Kier alpha value is -3.60. The maximum atomic E-state index is 11.9. The molecule has 0 aliphatic rings. The smallest absolute Gasteiger partial charge is 0.251 e. The number of hydrogen-bond donors (Lipinski definition) is 1. The summed E-state index contributed by atoms with van der Waals surface area (Å²) in [6, 6.07) is 21.6. The van der Waals surface area contributed by atoms with Crippen molar-refractivity contribution in [3.8, 4) is 28.1 Å². The maximum Gasteiger partial charge on any atom is 0.251 e. The highest BCUT2D eigenvalue weighted by molar-refractivity contribution is 5.95. The van der Waals surface area contributed by atoms with Crippen molar-refractivity contribution in [2.45, 2.75) is 0 Å². The quantitative estimate of drug-likeness (QED) is 0.600. The van der Waals surface area contributed by atoms with Gasteiger partial charge in [-0.2, -0.15) is 5.10 Å². The van der Waals surface area contributed by atoms with Gasteiger partial charge in [0.15, 0.2) is 0 Å². The molecule has 0 aliphatic carbocycles. The van der Waals surface area contributed by atoms with E-state index in [0.717, 1.165) is 33.7 Å². The second kappa shape index (κ2) is 6.96. The number of amides is 1. The molecule has 4 aromatic rings. The average Bonchev–Trinajstić information content (AvgIpc) is 3.16. The molecule has 134 valence electrons. The number of aromatic nitrogens is 2. The Labute approximate surface area is 157 Å². The Morgan fingerprint density at radius 2 is 1.74 bits per heavy atom. The fourth-order valence-corrected chi connectivity index (χ4v) is 3.06. The van der Waals surface area contributed by atoms with Gasteiger partial charge in [0.2, 0.25) is 0 Å². The first-order valence-electron chi connectivity index (χ1n) is 8.64. The molecule has 5 heteroatoms. The number of carbonyl (C=O) groups excluding carboxylic acids is 1. The lowest BCUT2D eigenvalue weighted by molar-refractivity contribution is 0.0963. The number of ether oxygens (including phenoxy) is 1. The highest BCUT2D eigenvalue weighted by Crippen LogP contribution is 2.26. The number of benzene rings is 2. The third kappa shape index (κ3) is 3.27. The van der Waals surface area contributed by atoms with Gasteiger partial charge in [0.1, 0.15) is 5.75 Å². The monoisotopic (exact) mass is 357 g/mol. The van der Waals surface area contributed by atoms with Crippen molar-refractivity contribution < 1.29 is 9.53 Å². The average molecular weight is 357 g/mol. The normalized spacial score (nSPS) is 10.7. The zero-order chi connectivity index (χ0) is 18.8. The van der Waals surface area contributed by atoms with E-state index in [-0.39, 0.29) is 5.91 Å². The van der Waals surface area contributed by atoms with Crippen molar-refractivity contribution in [3.63, 3.8) is 0 Å². The molecule has 0 saturated carbocycles. The lowest BCUT2D eigenvalue weighted by atomic mass is 10.0. The molecule has 0 bridgehead atoms. The predicted molar refractivity (Wildman–Crippen MR) is 106 cm³/mol. The Morgan fingerprint density at radius 1 is 0.963 bits per heavy atom. The molecule has 0 fully saturated rings. The molecular formula is C22H19N3O2. The van der Waals surface area contributed by atoms with Gasteiger partial charge in [0, 0.05) is 24.4 Å². The molecule has 2 heterocycles. The molecule has 0 saturated heterocycles. The molecule has 4 rings (SSSR count). The molecule has 0 atom stereocenters. The molecule has 0 spiro atoms. The Morgan fingerprint density at radius 3 is 2.48 bits per heavy atom. The molecule has 1 N–H and O–H groups in total. The summed E-state index contributed by atoms with van der Waals surface area (Å²) in [6.07, 6.45) is 1.93. The van der Waals surface area contributed by atoms with Gasteiger partial charge < -0.3 is 10.1 Å². The molecule has 0 aliphatic heterocycles. The minimum absolute atomic E-state index is 0.0935. The predicted octanol–water partition coefficient (Wildman–Crippen LogP) is 4.04. The van der Waals surface area contributed by atoms with E-state index in [1.165, 1.54) is 0 Å². The molecule has 5 nitrogen and oxygen atoms in total. The van der Waals surface area contributed by atoms with Gasteiger partial charge in [-0.25, -0.2) is 4.52 Å². The van der Waals surface area contributed by atoms with Gasteiger partial charge in [0.05, 0.1) is 18.3 Å². The summed E-state index contributed by atoms with van der Waals surface area (Å²) in [5.41, 5.74) is 5.59. The van der Waals surface area contributed by atoms with Crippen LogP contribution in [-0.4, -0.2) is 29.7 Å². The molecule has 2 aromatic carbocycles. The SMILES string of the molecule is CNC(=O)c1cccc(-c2ccn3nc(-c4ccc(OC)cc4)cc3c2)c1. The second-order valence-corrected chi connectivity index (χ2v) is 6.20. The standard InChI is InChI=1S/C22H19N3O2/c1-23-22(26)18-5-3-4-16(12-18)17-10-11-25-19(13-17)14-21(24-25)15-6-8-20(27-2)9-7-15/h3-14H,1-2H3,(H,23,26). The van der Waals surface area contributed by atoms with E-state index in [9.17, 15) is 4.79 Å². The summed E-state index contributed by atoms with van der Waals surface area (Å²) < 4.78 is 7.06. The third-order valence-corrected chi connectivity index (χ3v) is 4.53. The summed E-state index contributed by atoms with van der Waals surface area (Å²) in [5.74, 6) is 0.727. The van der Waals surface area contributed by atoms with Gasteiger partial charge >= 0.3 is 0 Å². The van der Waals surface area contributed by atoms with Gasteiger partial charge in [-0.05, 0) is 65.7 Å². The van der Waals surface area contributed by atoms with Crippen LogP contribution >= 0.6 is 0 Å². The summed E-state index contributed by atoms with van der Waals surface area (Å²) >= 11 is 0. The first-order chi connectivity index (χ1) is 13.2. The van der Waals surface area contributed by atoms with E-state index in [1.807, 2.05) is 71.4 Å². The van der Waals surface area contributed by atoms with Gasteiger partial charge in [-0.3, -0.25) is 4.79 Å². The fourth-order valence-electron chi connectivity index (χ4n) is 3.06. The van der Waals surface area contributed by atoms with Crippen LogP contribution in [0, 0.1) is 0 Å². The van der Waals surface area contributed by atoms with Crippen LogP contribution < -0.4 is 10.1 Å². The first-order valence-corrected chi connectivity index (χ1v) is 8.64. The van der Waals surface area contributed by atoms with E-state index in [2.05, 4.69) is 16.5 Å². The Kier molecular flexibility index (Phi) is 4.34. The zero-order valence-electron chi connectivity index (χ0n) is 15.1. The first kappa shape index (κ1) is 16.8. The zero-order valence-corrected chi connectivity index (χ0v) is 15.1. The van der Waals surface area contributed by atoms with Crippen molar-refractivity contribution >= 4 is 11.4 Å². The van der Waals surface area contributed by atoms with Crippen LogP contribution in [0.1, 0.15) is 10.4 Å². The van der Waals surface area contributed by atoms with Crippen molar-refractivity contribution in [1.29, 1.82) is 0 Å². The van der Waals surface area contributed by atoms with Crippen LogP contribution in [-0.2, 0) is 0 Å². The maximum absolute atomic E-state index is 11.9. The number of nitrogens with zero attached hydrogens (tertiary/aromatic N) is 2. The van der Waals surface area contributed by atoms with Gasteiger partial charge in [-0.1, -0.05) is 12.1 Å². The van der Waals surface area contributed by atoms with Crippen molar-refractivity contribution in [1.82, 2.24) is 14.9 Å². The Balaban J connectivity index is 1.71. The molecular weight excluding hydrogens is 338 g/mol. The second-order valence-electron chi connectivity index (χ2n) is 6.20. The number of carbonyl (C=O) groups is 1. The molecule has 2 aromatic heterocycles. The van der Waals surface area contributed by atoms with Crippen LogP contribution in [0.3, 0.4) is 0 Å². The minimum Gasteiger partial charge on any atom is -0.497 e. The third-order valence-electron chi connectivity index (χ3n) is 4.53. The lowest BCUT2D eigenvalue weighted by Crippen LogP contribution is -2.17. The highest BCUT2D eigenvalue weighted by Gasteiger charge is 2.08. The molecule has 0 unspecified atom stereocenters. The van der Waals surface area contributed by atoms with E-state index >= 15 is 0 Å². The van der Waals surface area contributed by atoms with Gasteiger partial charge in [0.25, 0.3) is 5.91 Å². The number of nitrogens with one attached hydrogen (secondary N) is 1. The molecule has 1 amide bonds.